The van der Waals surface area contributed by atoms with Gasteiger partial charge < -0.3 is 15.0 Å². The largest absolute Gasteiger partial charge is 0.373 e. The van der Waals surface area contributed by atoms with Crippen LogP contribution in [0.1, 0.15) is 40.0 Å². The summed E-state index contributed by atoms with van der Waals surface area (Å²) in [5.41, 5.74) is -1.07. The molecule has 0 aromatic heterocycles. The van der Waals surface area contributed by atoms with Crippen LogP contribution in [0.2, 0.25) is 0 Å². The van der Waals surface area contributed by atoms with E-state index in [2.05, 4.69) is 5.32 Å². The Morgan fingerprint density at radius 1 is 1.33 bits per heavy atom. The van der Waals surface area contributed by atoms with Crippen molar-refractivity contribution in [3.05, 3.63) is 0 Å². The van der Waals surface area contributed by atoms with Gasteiger partial charge in [-0.05, 0) is 33.6 Å². The third kappa shape index (κ3) is 2.66. The van der Waals surface area contributed by atoms with Gasteiger partial charge in [0, 0.05) is 26.1 Å². The third-order valence-electron chi connectivity index (χ3n) is 3.71. The zero-order chi connectivity index (χ0) is 13.4. The van der Waals surface area contributed by atoms with E-state index in [0.29, 0.717) is 19.5 Å². The van der Waals surface area contributed by atoms with Crippen molar-refractivity contribution in [2.45, 2.75) is 51.2 Å². The normalized spacial score (nSPS) is 32.3. The van der Waals surface area contributed by atoms with Crippen LogP contribution >= 0.6 is 0 Å². The summed E-state index contributed by atoms with van der Waals surface area (Å²) in [5.74, 6) is -0.0848. The van der Waals surface area contributed by atoms with Crippen LogP contribution in [0.25, 0.3) is 0 Å². The summed E-state index contributed by atoms with van der Waals surface area (Å²) >= 11 is 0. The summed E-state index contributed by atoms with van der Waals surface area (Å²) in [5, 5.41) is 2.76. The van der Waals surface area contributed by atoms with Crippen LogP contribution in [-0.4, -0.2) is 47.6 Å². The molecule has 1 atom stereocenters. The molecule has 2 fully saturated rings. The second-order valence-electron chi connectivity index (χ2n) is 6.05. The Balaban J connectivity index is 2.11. The second kappa shape index (κ2) is 4.53. The fraction of sp³-hybridized carbons (Fsp3) is 0.846. The van der Waals surface area contributed by atoms with Crippen molar-refractivity contribution in [1.82, 2.24) is 10.2 Å². The highest BCUT2D eigenvalue weighted by Crippen LogP contribution is 2.27. The first-order valence-electron chi connectivity index (χ1n) is 6.57. The van der Waals surface area contributed by atoms with Crippen molar-refractivity contribution >= 4 is 11.8 Å². The number of carbonyl (C=O) groups is 2. The summed E-state index contributed by atoms with van der Waals surface area (Å²) in [7, 11) is 0. The summed E-state index contributed by atoms with van der Waals surface area (Å²) in [6, 6.07) is 0. The molecule has 102 valence electrons. The zero-order valence-corrected chi connectivity index (χ0v) is 11.4. The zero-order valence-electron chi connectivity index (χ0n) is 11.4. The molecule has 0 aromatic rings. The van der Waals surface area contributed by atoms with E-state index < -0.39 is 5.54 Å². The minimum Gasteiger partial charge on any atom is -0.373 e. The van der Waals surface area contributed by atoms with E-state index in [1.54, 1.807) is 18.7 Å². The lowest BCUT2D eigenvalue weighted by atomic mass is 9.99. The average Bonchev–Trinajstić information content (AvgIpc) is 2.66. The van der Waals surface area contributed by atoms with Gasteiger partial charge in [-0.1, -0.05) is 0 Å². The fourth-order valence-corrected chi connectivity index (χ4v) is 2.71. The monoisotopic (exact) mass is 254 g/mol. The first kappa shape index (κ1) is 13.3. The number of nitrogens with zero attached hydrogens (tertiary/aromatic N) is 1. The van der Waals surface area contributed by atoms with Gasteiger partial charge in [0.2, 0.25) is 11.8 Å². The topological polar surface area (TPSA) is 58.6 Å². The Labute approximate surface area is 108 Å². The van der Waals surface area contributed by atoms with E-state index >= 15 is 0 Å². The van der Waals surface area contributed by atoms with Crippen molar-refractivity contribution in [3.63, 3.8) is 0 Å². The maximum atomic E-state index is 12.4. The predicted molar refractivity (Wildman–Crippen MR) is 67.0 cm³/mol. The van der Waals surface area contributed by atoms with Crippen molar-refractivity contribution in [2.24, 2.45) is 0 Å². The number of carbonyl (C=O) groups excluding carboxylic acids is 2. The Morgan fingerprint density at radius 3 is 2.67 bits per heavy atom. The minimum atomic E-state index is -0.817. The van der Waals surface area contributed by atoms with Crippen LogP contribution in [0.4, 0.5) is 0 Å². The molecule has 0 radical (unpaired) electrons. The van der Waals surface area contributed by atoms with Crippen LogP contribution < -0.4 is 5.32 Å². The van der Waals surface area contributed by atoms with Crippen LogP contribution in [0.3, 0.4) is 0 Å². The SMILES string of the molecule is CC1(CN2CCC(=O)NC(C)(C)C2=O)CCCO1. The Kier molecular flexibility index (Phi) is 3.36. The smallest absolute Gasteiger partial charge is 0.247 e. The van der Waals surface area contributed by atoms with E-state index in [9.17, 15) is 9.59 Å². The highest BCUT2D eigenvalue weighted by Gasteiger charge is 2.40. The van der Waals surface area contributed by atoms with E-state index in [1.165, 1.54) is 0 Å². The highest BCUT2D eigenvalue weighted by molar-refractivity contribution is 5.92. The second-order valence-corrected chi connectivity index (χ2v) is 6.05. The van der Waals surface area contributed by atoms with Gasteiger partial charge in [0.25, 0.3) is 0 Å². The molecule has 2 rings (SSSR count). The summed E-state index contributed by atoms with van der Waals surface area (Å²) in [4.78, 5) is 25.8. The standard InChI is InChI=1S/C13H22N2O3/c1-12(2)11(17)15(7-5-10(16)14-12)9-13(3)6-4-8-18-13/h4-9H2,1-3H3,(H,14,16). The van der Waals surface area contributed by atoms with Crippen LogP contribution in [0.5, 0.6) is 0 Å². The van der Waals surface area contributed by atoms with Gasteiger partial charge in [-0.3, -0.25) is 9.59 Å². The minimum absolute atomic E-state index is 0.0231. The first-order chi connectivity index (χ1) is 8.32. The van der Waals surface area contributed by atoms with Gasteiger partial charge >= 0.3 is 0 Å². The number of ether oxygens (including phenoxy) is 1. The lowest BCUT2D eigenvalue weighted by molar-refractivity contribution is -0.140. The lowest BCUT2D eigenvalue weighted by Gasteiger charge is -2.34. The number of rotatable bonds is 2. The Hall–Kier alpha value is -1.10. The average molecular weight is 254 g/mol. The van der Waals surface area contributed by atoms with E-state index in [-0.39, 0.29) is 17.4 Å². The highest BCUT2D eigenvalue weighted by atomic mass is 16.5. The van der Waals surface area contributed by atoms with E-state index in [1.807, 2.05) is 6.92 Å². The molecule has 0 aliphatic carbocycles. The molecule has 0 spiro atoms. The molecule has 1 N–H and O–H groups in total. The Morgan fingerprint density at radius 2 is 2.06 bits per heavy atom. The van der Waals surface area contributed by atoms with Gasteiger partial charge in [0.15, 0.2) is 0 Å². The van der Waals surface area contributed by atoms with E-state index in [0.717, 1.165) is 19.4 Å². The summed E-state index contributed by atoms with van der Waals surface area (Å²) in [6.45, 7) is 7.36. The molecule has 2 heterocycles. The molecule has 0 bridgehead atoms. The third-order valence-corrected chi connectivity index (χ3v) is 3.71. The first-order valence-corrected chi connectivity index (χ1v) is 6.57. The van der Waals surface area contributed by atoms with Gasteiger partial charge in [0.05, 0.1) is 5.60 Å². The molecule has 18 heavy (non-hydrogen) atoms. The molecular formula is C13H22N2O3. The molecule has 1 unspecified atom stereocenters. The predicted octanol–water partition coefficient (Wildman–Crippen LogP) is 0.683. The fourth-order valence-electron chi connectivity index (χ4n) is 2.71. The molecule has 0 saturated carbocycles. The van der Waals surface area contributed by atoms with Gasteiger partial charge in [-0.25, -0.2) is 0 Å². The van der Waals surface area contributed by atoms with Gasteiger partial charge in [0.1, 0.15) is 5.54 Å². The van der Waals surface area contributed by atoms with Gasteiger partial charge in [-0.2, -0.15) is 0 Å². The molecular weight excluding hydrogens is 232 g/mol. The van der Waals surface area contributed by atoms with E-state index in [4.69, 9.17) is 4.74 Å². The summed E-state index contributed by atoms with van der Waals surface area (Å²) < 4.78 is 5.73. The number of nitrogens with one attached hydrogen (secondary N) is 1. The summed E-state index contributed by atoms with van der Waals surface area (Å²) in [6.07, 6.45) is 2.38. The maximum absolute atomic E-state index is 12.4. The number of amides is 2. The van der Waals surface area contributed by atoms with Crippen LogP contribution in [0, 0.1) is 0 Å². The molecule has 5 nitrogen and oxygen atoms in total. The lowest BCUT2D eigenvalue weighted by Crippen LogP contribution is -2.55. The number of hydrogen-bond acceptors (Lipinski definition) is 3. The van der Waals surface area contributed by atoms with Crippen molar-refractivity contribution in [3.8, 4) is 0 Å². The maximum Gasteiger partial charge on any atom is 0.247 e. The molecule has 5 heteroatoms. The quantitative estimate of drug-likeness (QED) is 0.788. The van der Waals surface area contributed by atoms with Crippen molar-refractivity contribution in [2.75, 3.05) is 19.7 Å². The molecule has 2 saturated heterocycles. The molecule has 2 amide bonds. The Bertz CT molecular complexity index is 359. The van der Waals surface area contributed by atoms with Crippen molar-refractivity contribution in [1.29, 1.82) is 0 Å². The van der Waals surface area contributed by atoms with Crippen LogP contribution in [-0.2, 0) is 14.3 Å². The van der Waals surface area contributed by atoms with Crippen molar-refractivity contribution < 1.29 is 14.3 Å². The molecule has 2 aliphatic rings. The molecule has 0 aromatic carbocycles. The number of hydrogen-bond donors (Lipinski definition) is 1. The van der Waals surface area contributed by atoms with Crippen LogP contribution in [0.15, 0.2) is 0 Å². The van der Waals surface area contributed by atoms with Gasteiger partial charge in [-0.15, -0.1) is 0 Å². The molecule has 2 aliphatic heterocycles.